The van der Waals surface area contributed by atoms with Gasteiger partial charge in [-0.25, -0.2) is 0 Å². The van der Waals surface area contributed by atoms with Crippen molar-refractivity contribution in [1.82, 2.24) is 15.0 Å². The molecule has 1 heterocycles. The van der Waals surface area contributed by atoms with Crippen molar-refractivity contribution in [3.05, 3.63) is 107 Å². The summed E-state index contributed by atoms with van der Waals surface area (Å²) in [7, 11) is -9.27. The second-order valence-electron chi connectivity index (χ2n) is 8.54. The Kier molecular flexibility index (Phi) is 7.40. The van der Waals surface area contributed by atoms with Crippen molar-refractivity contribution in [2.45, 2.75) is 9.79 Å². The van der Waals surface area contributed by atoms with Gasteiger partial charge in [-0.15, -0.1) is 0 Å². The Hall–Kier alpha value is -5.23. The molecular formula is C25H18N7O8S2+. The number of rotatable bonds is 8. The number of nitrogens with zero attached hydrogens (tertiary/aromatic N) is 7. The molecule has 0 saturated heterocycles. The summed E-state index contributed by atoms with van der Waals surface area (Å²) < 4.78 is 66.6. The molecule has 17 heteroatoms. The zero-order valence-electron chi connectivity index (χ0n) is 21.0. The number of hydrogen-bond acceptors (Lipinski definition) is 10. The Bertz CT molecular complexity index is 2050. The van der Waals surface area contributed by atoms with Gasteiger partial charge in [0.1, 0.15) is 10.6 Å². The smallest absolute Gasteiger partial charge is 0.282 e. The van der Waals surface area contributed by atoms with Crippen molar-refractivity contribution in [3.8, 4) is 22.8 Å². The molecule has 0 atom stereocenters. The fourth-order valence-corrected chi connectivity index (χ4v) is 4.92. The third kappa shape index (κ3) is 6.08. The SMILES string of the molecule is O=[N+]([O-])c1ccc(-n2nc(-c3ccccc3)n[n+]2-c2ccc(/N=N/c3ccc(S(=O)(=O)O)cc3)cc2S(=O)(=O)O)cc1. The zero-order valence-corrected chi connectivity index (χ0v) is 22.7. The largest absolute Gasteiger partial charge is 0.340 e. The molecule has 4 aromatic carbocycles. The average Bonchev–Trinajstić information content (AvgIpc) is 3.41. The maximum atomic E-state index is 12.5. The number of tetrazole rings is 1. The standard InChI is InChI=1S/C25H17N7O8S2/c33-32(34)21-11-9-20(10-12-21)30-28-25(17-4-2-1-3-5-17)29-31(30)23-15-8-19(16-24(23)42(38,39)40)27-26-18-6-13-22(14-7-18)41(35,36)37/h1-16H,(H-,35,36,37,38,39,40)/p+1/b27-26+. The number of azo groups is 1. The van der Waals surface area contributed by atoms with Gasteiger partial charge in [0, 0.05) is 16.9 Å². The molecular weight excluding hydrogens is 590 g/mol. The number of nitro benzene ring substituents is 1. The summed E-state index contributed by atoms with van der Waals surface area (Å²) in [6, 6.07) is 22.6. The Balaban J connectivity index is 1.61. The second kappa shape index (κ2) is 11.0. The zero-order chi connectivity index (χ0) is 30.1. The molecule has 15 nitrogen and oxygen atoms in total. The summed E-state index contributed by atoms with van der Waals surface area (Å²) in [6.07, 6.45) is 0. The quantitative estimate of drug-likeness (QED) is 0.0848. The van der Waals surface area contributed by atoms with E-state index >= 15 is 0 Å². The van der Waals surface area contributed by atoms with E-state index < -0.39 is 30.1 Å². The van der Waals surface area contributed by atoms with Gasteiger partial charge in [0.2, 0.25) is 5.69 Å². The number of aromatic nitrogens is 4. The monoisotopic (exact) mass is 608 g/mol. The third-order valence-electron chi connectivity index (χ3n) is 5.73. The van der Waals surface area contributed by atoms with E-state index in [1.807, 2.05) is 0 Å². The summed E-state index contributed by atoms with van der Waals surface area (Å²) in [5.41, 5.74) is 0.797. The molecule has 42 heavy (non-hydrogen) atoms. The van der Waals surface area contributed by atoms with Gasteiger partial charge in [0.25, 0.3) is 25.9 Å². The molecule has 0 amide bonds. The van der Waals surface area contributed by atoms with Crippen LogP contribution < -0.4 is 4.80 Å². The molecule has 212 valence electrons. The van der Waals surface area contributed by atoms with E-state index in [1.165, 1.54) is 53.3 Å². The highest BCUT2D eigenvalue weighted by atomic mass is 32.2. The van der Waals surface area contributed by atoms with Crippen LogP contribution >= 0.6 is 0 Å². The fourth-order valence-electron chi connectivity index (χ4n) is 3.75. The molecule has 0 aliphatic carbocycles. The summed E-state index contributed by atoms with van der Waals surface area (Å²) in [4.78, 5) is 12.0. The number of benzene rings is 4. The van der Waals surface area contributed by atoms with Gasteiger partial charge < -0.3 is 0 Å². The molecule has 0 bridgehead atoms. The topological polar surface area (TPSA) is 211 Å². The first-order chi connectivity index (χ1) is 19.9. The first kappa shape index (κ1) is 28.3. The highest BCUT2D eigenvalue weighted by Crippen LogP contribution is 2.26. The van der Waals surface area contributed by atoms with Crippen molar-refractivity contribution < 1.29 is 35.7 Å². The summed E-state index contributed by atoms with van der Waals surface area (Å²) in [5, 5.41) is 27.9. The molecule has 5 aromatic rings. The molecule has 5 rings (SSSR count). The highest BCUT2D eigenvalue weighted by Gasteiger charge is 2.29. The lowest BCUT2D eigenvalue weighted by Gasteiger charge is -2.05. The Morgan fingerprint density at radius 2 is 1.40 bits per heavy atom. The lowest BCUT2D eigenvalue weighted by molar-refractivity contribution is -0.736. The van der Waals surface area contributed by atoms with E-state index in [0.29, 0.717) is 11.3 Å². The van der Waals surface area contributed by atoms with Crippen LogP contribution in [0.2, 0.25) is 0 Å². The highest BCUT2D eigenvalue weighted by molar-refractivity contribution is 7.86. The predicted molar refractivity (Wildman–Crippen MR) is 145 cm³/mol. The van der Waals surface area contributed by atoms with E-state index in [0.717, 1.165) is 23.0 Å². The summed E-state index contributed by atoms with van der Waals surface area (Å²) in [6.45, 7) is 0. The van der Waals surface area contributed by atoms with Crippen LogP contribution in [0, 0.1) is 10.1 Å². The number of non-ortho nitro benzene ring substituents is 1. The number of hydrogen-bond donors (Lipinski definition) is 2. The third-order valence-corrected chi connectivity index (χ3v) is 7.48. The molecule has 0 radical (unpaired) electrons. The fraction of sp³-hybridized carbons (Fsp3) is 0. The van der Waals surface area contributed by atoms with Crippen molar-refractivity contribution in [2.75, 3.05) is 0 Å². The van der Waals surface area contributed by atoms with Crippen LogP contribution in [-0.2, 0) is 20.2 Å². The second-order valence-corrected chi connectivity index (χ2v) is 11.3. The van der Waals surface area contributed by atoms with Gasteiger partial charge in [0.15, 0.2) is 0 Å². The molecule has 0 aliphatic heterocycles. The summed E-state index contributed by atoms with van der Waals surface area (Å²) in [5.74, 6) is 0.187. The van der Waals surface area contributed by atoms with E-state index in [2.05, 4.69) is 20.4 Å². The van der Waals surface area contributed by atoms with Gasteiger partial charge in [0.05, 0.1) is 31.9 Å². The van der Waals surface area contributed by atoms with Crippen molar-refractivity contribution >= 4 is 37.3 Å². The molecule has 0 spiro atoms. The average molecular weight is 609 g/mol. The molecule has 1 aromatic heterocycles. The molecule has 2 N–H and O–H groups in total. The minimum absolute atomic E-state index is 0.00974. The predicted octanol–water partition coefficient (Wildman–Crippen LogP) is 4.03. The van der Waals surface area contributed by atoms with E-state index in [9.17, 15) is 31.5 Å². The van der Waals surface area contributed by atoms with E-state index in [4.69, 9.17) is 4.55 Å². The normalized spacial score (nSPS) is 12.0. The first-order valence-corrected chi connectivity index (χ1v) is 14.6. The maximum Gasteiger partial charge on any atom is 0.340 e. The minimum atomic E-state index is -4.87. The van der Waals surface area contributed by atoms with Crippen LogP contribution in [0.15, 0.2) is 117 Å². The van der Waals surface area contributed by atoms with Crippen molar-refractivity contribution in [2.24, 2.45) is 10.2 Å². The molecule has 0 saturated carbocycles. The van der Waals surface area contributed by atoms with E-state index in [1.54, 1.807) is 30.3 Å². The molecule has 0 aliphatic rings. The molecule has 0 fully saturated rings. The minimum Gasteiger partial charge on any atom is -0.282 e. The van der Waals surface area contributed by atoms with Gasteiger partial charge in [-0.05, 0) is 76.6 Å². The first-order valence-electron chi connectivity index (χ1n) is 11.7. The van der Waals surface area contributed by atoms with Crippen LogP contribution in [-0.4, -0.2) is 45.9 Å². The van der Waals surface area contributed by atoms with Crippen molar-refractivity contribution in [1.29, 1.82) is 0 Å². The van der Waals surface area contributed by atoms with Crippen molar-refractivity contribution in [3.63, 3.8) is 0 Å². The van der Waals surface area contributed by atoms with Gasteiger partial charge in [-0.2, -0.15) is 27.1 Å². The van der Waals surface area contributed by atoms with Crippen LogP contribution in [0.25, 0.3) is 22.8 Å². The van der Waals surface area contributed by atoms with Crippen LogP contribution in [0.3, 0.4) is 0 Å². The maximum absolute atomic E-state index is 12.5. The van der Waals surface area contributed by atoms with Crippen LogP contribution in [0.5, 0.6) is 0 Å². The summed E-state index contributed by atoms with van der Waals surface area (Å²) >= 11 is 0. The van der Waals surface area contributed by atoms with E-state index in [-0.39, 0.29) is 33.5 Å². The Morgan fingerprint density at radius 1 is 0.786 bits per heavy atom. The van der Waals surface area contributed by atoms with Gasteiger partial charge >= 0.3 is 5.82 Å². The van der Waals surface area contributed by atoms with Crippen LogP contribution in [0.4, 0.5) is 17.1 Å². The van der Waals surface area contributed by atoms with Gasteiger partial charge in [-0.3, -0.25) is 19.2 Å². The van der Waals surface area contributed by atoms with Crippen LogP contribution in [0.1, 0.15) is 0 Å². The Labute approximate surface area is 237 Å². The molecule has 0 unspecified atom stereocenters. The van der Waals surface area contributed by atoms with Gasteiger partial charge in [-0.1, -0.05) is 18.2 Å². The lowest BCUT2D eigenvalue weighted by Crippen LogP contribution is -2.44. The number of nitro groups is 1. The Morgan fingerprint density at radius 3 is 2.00 bits per heavy atom. The lowest BCUT2D eigenvalue weighted by atomic mass is 10.2.